The standard InChI is InChI=1S/C12H12.CH4.H3N/c1-2-10-7-8-11-5-3-4-6-12(11)9-10;;/h3-9H,2H2,1H3;1H4;1H3. The normalized spacial score (nSPS) is 8.93. The van der Waals surface area contributed by atoms with Crippen LogP contribution in [-0.2, 0) is 6.42 Å². The van der Waals surface area contributed by atoms with E-state index in [1.165, 1.54) is 16.3 Å². The third kappa shape index (κ3) is 2.33. The Balaban J connectivity index is 0.000000845. The Morgan fingerprint density at radius 2 is 1.57 bits per heavy atom. The van der Waals surface area contributed by atoms with E-state index in [0.29, 0.717) is 0 Å². The van der Waals surface area contributed by atoms with E-state index in [-0.39, 0.29) is 13.6 Å². The van der Waals surface area contributed by atoms with Crippen LogP contribution in [0.3, 0.4) is 0 Å². The Kier molecular flexibility index (Phi) is 4.89. The molecule has 0 aliphatic rings. The van der Waals surface area contributed by atoms with Crippen molar-refractivity contribution >= 4 is 10.8 Å². The van der Waals surface area contributed by atoms with Crippen LogP contribution in [-0.4, -0.2) is 0 Å². The van der Waals surface area contributed by atoms with Crippen molar-refractivity contribution in [2.45, 2.75) is 20.8 Å². The molecular formula is C13H19N. The number of hydrogen-bond donors (Lipinski definition) is 1. The van der Waals surface area contributed by atoms with E-state index in [1.54, 1.807) is 0 Å². The molecule has 76 valence electrons. The number of aryl methyl sites for hydroxylation is 1. The molecule has 0 saturated heterocycles. The Morgan fingerprint density at radius 3 is 2.21 bits per heavy atom. The van der Waals surface area contributed by atoms with E-state index < -0.39 is 0 Å². The molecule has 0 atom stereocenters. The second-order valence-electron chi connectivity index (χ2n) is 3.04. The Bertz CT molecular complexity index is 393. The third-order valence-electron chi connectivity index (χ3n) is 2.22. The lowest BCUT2D eigenvalue weighted by atomic mass is 10.1. The fourth-order valence-corrected chi connectivity index (χ4v) is 1.46. The summed E-state index contributed by atoms with van der Waals surface area (Å²) in [5.41, 5.74) is 1.41. The predicted octanol–water partition coefficient (Wildman–Crippen LogP) is 4.20. The zero-order valence-electron chi connectivity index (χ0n) is 7.96. The van der Waals surface area contributed by atoms with Crippen LogP contribution in [0.15, 0.2) is 42.5 Å². The van der Waals surface area contributed by atoms with Crippen molar-refractivity contribution in [2.24, 2.45) is 0 Å². The van der Waals surface area contributed by atoms with Crippen LogP contribution in [0.2, 0.25) is 0 Å². The first-order valence-corrected chi connectivity index (χ1v) is 4.38. The molecule has 2 rings (SSSR count). The largest absolute Gasteiger partial charge is 0.344 e. The fourth-order valence-electron chi connectivity index (χ4n) is 1.46. The summed E-state index contributed by atoms with van der Waals surface area (Å²) in [6.45, 7) is 2.18. The lowest BCUT2D eigenvalue weighted by molar-refractivity contribution is 1.15. The highest BCUT2D eigenvalue weighted by Crippen LogP contribution is 2.15. The van der Waals surface area contributed by atoms with Crippen molar-refractivity contribution in [1.29, 1.82) is 0 Å². The zero-order chi connectivity index (χ0) is 8.39. The zero-order valence-corrected chi connectivity index (χ0v) is 7.96. The van der Waals surface area contributed by atoms with Crippen LogP contribution in [0.4, 0.5) is 0 Å². The second kappa shape index (κ2) is 5.40. The molecule has 0 radical (unpaired) electrons. The Labute approximate surface area is 86.3 Å². The second-order valence-corrected chi connectivity index (χ2v) is 3.04. The lowest BCUT2D eigenvalue weighted by Gasteiger charge is -1.99. The summed E-state index contributed by atoms with van der Waals surface area (Å²) in [6, 6.07) is 15.1. The van der Waals surface area contributed by atoms with Crippen molar-refractivity contribution in [3.8, 4) is 0 Å². The molecule has 0 bridgehead atoms. The maximum atomic E-state index is 2.26. The van der Waals surface area contributed by atoms with Crippen LogP contribution in [0.5, 0.6) is 0 Å². The molecule has 0 heterocycles. The topological polar surface area (TPSA) is 35.0 Å². The first-order chi connectivity index (χ1) is 5.90. The fraction of sp³-hybridized carbons (Fsp3) is 0.231. The van der Waals surface area contributed by atoms with E-state index >= 15 is 0 Å². The minimum absolute atomic E-state index is 0. The van der Waals surface area contributed by atoms with Gasteiger partial charge in [-0.2, -0.15) is 0 Å². The molecule has 0 aliphatic heterocycles. The van der Waals surface area contributed by atoms with Crippen molar-refractivity contribution in [1.82, 2.24) is 6.15 Å². The molecule has 3 N–H and O–H groups in total. The molecule has 0 amide bonds. The average Bonchev–Trinajstić information content (AvgIpc) is 2.17. The van der Waals surface area contributed by atoms with Gasteiger partial charge in [-0.15, -0.1) is 0 Å². The molecule has 2 aromatic rings. The van der Waals surface area contributed by atoms with Gasteiger partial charge in [-0.05, 0) is 22.8 Å². The summed E-state index contributed by atoms with van der Waals surface area (Å²) >= 11 is 0. The number of fused-ring (bicyclic) bond motifs is 1. The van der Waals surface area contributed by atoms with Gasteiger partial charge in [0.05, 0.1) is 0 Å². The molecule has 1 nitrogen and oxygen atoms in total. The first-order valence-electron chi connectivity index (χ1n) is 4.38. The van der Waals surface area contributed by atoms with Crippen LogP contribution in [0.1, 0.15) is 19.9 Å². The number of hydrogen-bond acceptors (Lipinski definition) is 1. The highest BCUT2D eigenvalue weighted by atomic mass is 14.0. The Morgan fingerprint density at radius 1 is 0.929 bits per heavy atom. The summed E-state index contributed by atoms with van der Waals surface area (Å²) in [6.07, 6.45) is 1.12. The molecule has 0 unspecified atom stereocenters. The quantitative estimate of drug-likeness (QED) is 0.716. The summed E-state index contributed by atoms with van der Waals surface area (Å²) in [7, 11) is 0. The van der Waals surface area contributed by atoms with Gasteiger partial charge in [0.2, 0.25) is 0 Å². The predicted molar refractivity (Wildman–Crippen MR) is 65.1 cm³/mol. The maximum absolute atomic E-state index is 2.26. The SMILES string of the molecule is C.CCc1ccc2ccccc2c1.N. The highest BCUT2D eigenvalue weighted by Gasteiger charge is 1.92. The molecule has 0 spiro atoms. The monoisotopic (exact) mass is 189 g/mol. The smallest absolute Gasteiger partial charge is 0.0181 e. The van der Waals surface area contributed by atoms with Gasteiger partial charge in [0, 0.05) is 0 Å². The molecule has 0 saturated carbocycles. The molecule has 0 aromatic heterocycles. The average molecular weight is 189 g/mol. The van der Waals surface area contributed by atoms with Gasteiger partial charge in [0.1, 0.15) is 0 Å². The van der Waals surface area contributed by atoms with Gasteiger partial charge in [-0.3, -0.25) is 0 Å². The number of rotatable bonds is 1. The van der Waals surface area contributed by atoms with Crippen LogP contribution in [0.25, 0.3) is 10.8 Å². The van der Waals surface area contributed by atoms with E-state index in [2.05, 4.69) is 49.4 Å². The summed E-state index contributed by atoms with van der Waals surface area (Å²) < 4.78 is 0. The van der Waals surface area contributed by atoms with Gasteiger partial charge in [-0.25, -0.2) is 0 Å². The van der Waals surface area contributed by atoms with E-state index in [4.69, 9.17) is 0 Å². The lowest BCUT2D eigenvalue weighted by Crippen LogP contribution is -1.79. The van der Waals surface area contributed by atoms with Crippen LogP contribution in [0, 0.1) is 0 Å². The van der Waals surface area contributed by atoms with Gasteiger partial charge >= 0.3 is 0 Å². The molecule has 14 heavy (non-hydrogen) atoms. The van der Waals surface area contributed by atoms with Crippen LogP contribution >= 0.6 is 0 Å². The maximum Gasteiger partial charge on any atom is -0.0181 e. The van der Waals surface area contributed by atoms with E-state index in [9.17, 15) is 0 Å². The van der Waals surface area contributed by atoms with E-state index in [1.807, 2.05) is 0 Å². The minimum atomic E-state index is 0. The molecule has 0 aliphatic carbocycles. The number of benzene rings is 2. The molecule has 1 heteroatoms. The molecule has 2 aromatic carbocycles. The third-order valence-corrected chi connectivity index (χ3v) is 2.22. The Hall–Kier alpha value is -1.34. The van der Waals surface area contributed by atoms with Crippen molar-refractivity contribution in [3.63, 3.8) is 0 Å². The highest BCUT2D eigenvalue weighted by molar-refractivity contribution is 5.82. The van der Waals surface area contributed by atoms with Gasteiger partial charge in [-0.1, -0.05) is 56.8 Å². The summed E-state index contributed by atoms with van der Waals surface area (Å²) in [5, 5.41) is 2.67. The summed E-state index contributed by atoms with van der Waals surface area (Å²) in [5.74, 6) is 0. The van der Waals surface area contributed by atoms with Gasteiger partial charge in [0.25, 0.3) is 0 Å². The minimum Gasteiger partial charge on any atom is -0.344 e. The van der Waals surface area contributed by atoms with E-state index in [0.717, 1.165) is 6.42 Å². The van der Waals surface area contributed by atoms with Crippen molar-refractivity contribution < 1.29 is 0 Å². The van der Waals surface area contributed by atoms with Crippen molar-refractivity contribution in [3.05, 3.63) is 48.0 Å². The van der Waals surface area contributed by atoms with Gasteiger partial charge < -0.3 is 6.15 Å². The molecular weight excluding hydrogens is 170 g/mol. The van der Waals surface area contributed by atoms with Crippen molar-refractivity contribution in [2.75, 3.05) is 0 Å². The van der Waals surface area contributed by atoms with Crippen LogP contribution < -0.4 is 6.15 Å². The first kappa shape index (κ1) is 12.7. The summed E-state index contributed by atoms with van der Waals surface area (Å²) in [4.78, 5) is 0. The van der Waals surface area contributed by atoms with Gasteiger partial charge in [0.15, 0.2) is 0 Å². The molecule has 0 fully saturated rings.